The Morgan fingerprint density at radius 3 is 2.95 bits per heavy atom. The van der Waals surface area contributed by atoms with Crippen molar-refractivity contribution in [3.63, 3.8) is 0 Å². The number of carbonyl (C=O) groups is 2. The number of anilines is 1. The molecule has 5 nitrogen and oxygen atoms in total. The molecule has 0 spiro atoms. The van der Waals surface area contributed by atoms with Crippen LogP contribution in [-0.4, -0.2) is 43.0 Å². The third kappa shape index (κ3) is 2.78. The number of hydrogen-bond donors (Lipinski definition) is 1. The van der Waals surface area contributed by atoms with Crippen LogP contribution < -0.4 is 5.32 Å². The zero-order valence-corrected chi connectivity index (χ0v) is 12.2. The minimum atomic E-state index is -0.171. The average molecular weight is 288 g/mol. The molecule has 112 valence electrons. The molecule has 0 bridgehead atoms. The summed E-state index contributed by atoms with van der Waals surface area (Å²) in [6.45, 7) is 1.38. The van der Waals surface area contributed by atoms with Crippen molar-refractivity contribution in [3.05, 3.63) is 29.8 Å². The highest BCUT2D eigenvalue weighted by Crippen LogP contribution is 2.27. The number of fused-ring (bicyclic) bond motifs is 1. The van der Waals surface area contributed by atoms with Crippen molar-refractivity contribution in [1.82, 2.24) is 4.90 Å². The first-order valence-electron chi connectivity index (χ1n) is 7.39. The van der Waals surface area contributed by atoms with Crippen LogP contribution in [-0.2, 0) is 20.7 Å². The lowest BCUT2D eigenvalue weighted by atomic mass is 10.1. The van der Waals surface area contributed by atoms with Gasteiger partial charge in [-0.25, -0.2) is 0 Å². The summed E-state index contributed by atoms with van der Waals surface area (Å²) < 4.78 is 4.81. The third-order valence-corrected chi connectivity index (χ3v) is 4.46. The standard InChI is InChI=1S/C16H20N2O3/c1-21-16(20)12-8-9-18(10-12)14-7-6-11-4-2-3-5-13(11)17-15(14)19/h2-5,12,14H,6-10H2,1H3,(H,17,19). The molecule has 1 amide bonds. The maximum absolute atomic E-state index is 12.4. The smallest absolute Gasteiger partial charge is 0.310 e. The quantitative estimate of drug-likeness (QED) is 0.837. The van der Waals surface area contributed by atoms with E-state index in [4.69, 9.17) is 4.74 Å². The van der Waals surface area contributed by atoms with Crippen LogP contribution in [0.1, 0.15) is 18.4 Å². The van der Waals surface area contributed by atoms with E-state index in [0.29, 0.717) is 6.54 Å². The number of amides is 1. The summed E-state index contributed by atoms with van der Waals surface area (Å²) in [7, 11) is 1.42. The van der Waals surface area contributed by atoms with Crippen LogP contribution in [0.5, 0.6) is 0 Å². The predicted octanol–water partition coefficient (Wildman–Crippen LogP) is 1.43. The fourth-order valence-corrected chi connectivity index (χ4v) is 3.28. The summed E-state index contributed by atoms with van der Waals surface area (Å²) in [5.74, 6) is -0.242. The molecule has 0 saturated carbocycles. The van der Waals surface area contributed by atoms with Crippen LogP contribution in [0.4, 0.5) is 5.69 Å². The summed E-state index contributed by atoms with van der Waals surface area (Å²) >= 11 is 0. The summed E-state index contributed by atoms with van der Waals surface area (Å²) in [4.78, 5) is 26.2. The van der Waals surface area contributed by atoms with Gasteiger partial charge in [-0.1, -0.05) is 18.2 Å². The second-order valence-electron chi connectivity index (χ2n) is 5.70. The molecule has 5 heteroatoms. The van der Waals surface area contributed by atoms with Gasteiger partial charge in [-0.05, 0) is 37.4 Å². The molecule has 2 heterocycles. The van der Waals surface area contributed by atoms with E-state index in [1.54, 1.807) is 0 Å². The van der Waals surface area contributed by atoms with E-state index in [2.05, 4.69) is 16.3 Å². The number of hydrogen-bond acceptors (Lipinski definition) is 4. The fourth-order valence-electron chi connectivity index (χ4n) is 3.28. The Labute approximate surface area is 124 Å². The minimum absolute atomic E-state index is 0.0328. The number of benzene rings is 1. The second kappa shape index (κ2) is 5.85. The topological polar surface area (TPSA) is 58.6 Å². The number of esters is 1. The van der Waals surface area contributed by atoms with Gasteiger partial charge in [0.05, 0.1) is 19.1 Å². The van der Waals surface area contributed by atoms with E-state index in [0.717, 1.165) is 31.5 Å². The highest BCUT2D eigenvalue weighted by Gasteiger charge is 2.36. The Hall–Kier alpha value is -1.88. The number of para-hydroxylation sites is 1. The van der Waals surface area contributed by atoms with Crippen LogP contribution in [0.3, 0.4) is 0 Å². The van der Waals surface area contributed by atoms with Crippen molar-refractivity contribution in [3.8, 4) is 0 Å². The van der Waals surface area contributed by atoms with Gasteiger partial charge in [0.1, 0.15) is 0 Å². The van der Waals surface area contributed by atoms with Gasteiger partial charge < -0.3 is 10.1 Å². The van der Waals surface area contributed by atoms with Gasteiger partial charge in [0, 0.05) is 12.2 Å². The number of aryl methyl sites for hydroxylation is 1. The first-order chi connectivity index (χ1) is 10.2. The zero-order chi connectivity index (χ0) is 14.8. The third-order valence-electron chi connectivity index (χ3n) is 4.46. The van der Waals surface area contributed by atoms with Gasteiger partial charge in [-0.15, -0.1) is 0 Å². The molecule has 0 aliphatic carbocycles. The largest absolute Gasteiger partial charge is 0.469 e. The summed E-state index contributed by atoms with van der Waals surface area (Å²) in [6.07, 6.45) is 2.43. The SMILES string of the molecule is COC(=O)C1CCN(C2CCc3ccccc3NC2=O)C1. The average Bonchev–Trinajstić information content (AvgIpc) is 2.91. The minimum Gasteiger partial charge on any atom is -0.469 e. The molecule has 1 aromatic carbocycles. The van der Waals surface area contributed by atoms with Gasteiger partial charge in [-0.2, -0.15) is 0 Å². The monoisotopic (exact) mass is 288 g/mol. The number of ether oxygens (including phenoxy) is 1. The fraction of sp³-hybridized carbons (Fsp3) is 0.500. The molecule has 3 rings (SSSR count). The lowest BCUT2D eigenvalue weighted by Crippen LogP contribution is -2.42. The second-order valence-corrected chi connectivity index (χ2v) is 5.70. The van der Waals surface area contributed by atoms with Gasteiger partial charge in [0.25, 0.3) is 0 Å². The van der Waals surface area contributed by atoms with Crippen molar-refractivity contribution in [2.24, 2.45) is 5.92 Å². The number of rotatable bonds is 2. The van der Waals surface area contributed by atoms with Crippen LogP contribution in [0.15, 0.2) is 24.3 Å². The number of methoxy groups -OCH3 is 1. The molecule has 2 unspecified atom stereocenters. The first kappa shape index (κ1) is 14.1. The van der Waals surface area contributed by atoms with Crippen molar-refractivity contribution >= 4 is 17.6 Å². The van der Waals surface area contributed by atoms with Crippen LogP contribution in [0.25, 0.3) is 0 Å². The number of likely N-dealkylation sites (tertiary alicyclic amines) is 1. The summed E-state index contributed by atoms with van der Waals surface area (Å²) in [5.41, 5.74) is 2.09. The molecule has 1 saturated heterocycles. The first-order valence-corrected chi connectivity index (χ1v) is 7.39. The molecule has 0 radical (unpaired) electrons. The van der Waals surface area contributed by atoms with Crippen molar-refractivity contribution in [2.75, 3.05) is 25.5 Å². The van der Waals surface area contributed by atoms with E-state index in [1.165, 1.54) is 12.7 Å². The molecule has 2 aliphatic rings. The van der Waals surface area contributed by atoms with E-state index >= 15 is 0 Å². The Morgan fingerprint density at radius 1 is 1.33 bits per heavy atom. The van der Waals surface area contributed by atoms with Gasteiger partial charge in [-0.3, -0.25) is 14.5 Å². The van der Waals surface area contributed by atoms with E-state index in [-0.39, 0.29) is 23.8 Å². The van der Waals surface area contributed by atoms with Gasteiger partial charge in [0.2, 0.25) is 5.91 Å². The van der Waals surface area contributed by atoms with Crippen LogP contribution in [0.2, 0.25) is 0 Å². The number of nitrogens with one attached hydrogen (secondary N) is 1. The highest BCUT2D eigenvalue weighted by atomic mass is 16.5. The maximum Gasteiger partial charge on any atom is 0.310 e. The molecular weight excluding hydrogens is 268 g/mol. The van der Waals surface area contributed by atoms with Crippen LogP contribution in [0, 0.1) is 5.92 Å². The van der Waals surface area contributed by atoms with Gasteiger partial charge in [0.15, 0.2) is 0 Å². The highest BCUT2D eigenvalue weighted by molar-refractivity contribution is 5.96. The predicted molar refractivity (Wildman–Crippen MR) is 78.9 cm³/mol. The van der Waals surface area contributed by atoms with E-state index < -0.39 is 0 Å². The Kier molecular flexibility index (Phi) is 3.92. The lowest BCUT2D eigenvalue weighted by Gasteiger charge is -2.24. The summed E-state index contributed by atoms with van der Waals surface area (Å²) in [6, 6.07) is 7.76. The number of nitrogens with zero attached hydrogens (tertiary/aromatic N) is 1. The molecule has 0 aromatic heterocycles. The molecule has 1 fully saturated rings. The Bertz CT molecular complexity index is 558. The maximum atomic E-state index is 12.4. The molecular formula is C16H20N2O3. The normalized spacial score (nSPS) is 25.9. The molecule has 2 aliphatic heterocycles. The Morgan fingerprint density at radius 2 is 2.14 bits per heavy atom. The van der Waals surface area contributed by atoms with Crippen molar-refractivity contribution in [2.45, 2.75) is 25.3 Å². The zero-order valence-electron chi connectivity index (χ0n) is 12.2. The van der Waals surface area contributed by atoms with Gasteiger partial charge >= 0.3 is 5.97 Å². The van der Waals surface area contributed by atoms with Crippen LogP contribution >= 0.6 is 0 Å². The van der Waals surface area contributed by atoms with Crippen molar-refractivity contribution < 1.29 is 14.3 Å². The van der Waals surface area contributed by atoms with Crippen molar-refractivity contribution in [1.29, 1.82) is 0 Å². The molecule has 1 N–H and O–H groups in total. The van der Waals surface area contributed by atoms with E-state index in [1.807, 2.05) is 18.2 Å². The lowest BCUT2D eigenvalue weighted by molar-refractivity contribution is -0.145. The number of carbonyl (C=O) groups excluding carboxylic acids is 2. The molecule has 2 atom stereocenters. The Balaban J connectivity index is 1.71. The molecule has 1 aromatic rings. The molecule has 21 heavy (non-hydrogen) atoms. The van der Waals surface area contributed by atoms with E-state index in [9.17, 15) is 9.59 Å². The summed E-state index contributed by atoms with van der Waals surface area (Å²) in [5, 5.41) is 3.01.